The monoisotopic (exact) mass is 1840 g/mol. The molecular formula is C128H85IN4O2. The van der Waals surface area contributed by atoms with Crippen LogP contribution in [0.4, 0.5) is 28.4 Å². The predicted octanol–water partition coefficient (Wildman–Crippen LogP) is 36.5. The van der Waals surface area contributed by atoms with Crippen LogP contribution in [0.5, 0.6) is 0 Å². The third-order valence-corrected chi connectivity index (χ3v) is 27.2. The van der Waals surface area contributed by atoms with Gasteiger partial charge < -0.3 is 28.2 Å². The number of para-hydroxylation sites is 6. The highest BCUT2D eigenvalue weighted by Gasteiger charge is 2.25. The first-order valence-electron chi connectivity index (χ1n) is 45.8. The third-order valence-electron chi connectivity index (χ3n) is 26.4. The van der Waals surface area contributed by atoms with Gasteiger partial charge in [0, 0.05) is 88.3 Å². The lowest BCUT2D eigenvalue weighted by Gasteiger charge is -2.26. The van der Waals surface area contributed by atoms with Gasteiger partial charge in [-0.3, -0.25) is 0 Å². The van der Waals surface area contributed by atoms with E-state index in [9.17, 15) is 0 Å². The summed E-state index contributed by atoms with van der Waals surface area (Å²) in [6, 6.07) is 182. The second-order valence-electron chi connectivity index (χ2n) is 34.3. The van der Waals surface area contributed by atoms with Crippen molar-refractivity contribution in [3.63, 3.8) is 0 Å². The second-order valence-corrected chi connectivity index (χ2v) is 35.5. The van der Waals surface area contributed by atoms with E-state index in [0.717, 1.165) is 98.6 Å². The van der Waals surface area contributed by atoms with Crippen LogP contribution in [0.15, 0.2) is 518 Å². The smallest absolute Gasteiger partial charge is 0.159 e. The summed E-state index contributed by atoms with van der Waals surface area (Å²) in [4.78, 5) is 2.33. The molecule has 7 heteroatoms. The summed E-state index contributed by atoms with van der Waals surface area (Å²) in [5.74, 6) is 0. The first-order valence-corrected chi connectivity index (χ1v) is 46.9. The fourth-order valence-corrected chi connectivity index (χ4v) is 20.4. The van der Waals surface area contributed by atoms with Crippen molar-refractivity contribution >= 4 is 160 Å². The number of nitrogens with zero attached hydrogens (tertiary/aromatic N) is 3. The molecule has 26 rings (SSSR count). The van der Waals surface area contributed by atoms with Gasteiger partial charge in [-0.2, -0.15) is 0 Å². The minimum absolute atomic E-state index is 0.848. The number of hydrogen-bond acceptors (Lipinski definition) is 4. The quantitative estimate of drug-likeness (QED) is 0.104. The van der Waals surface area contributed by atoms with Crippen LogP contribution in [0.25, 0.3) is 209 Å². The molecule has 0 amide bonds. The summed E-state index contributed by atoms with van der Waals surface area (Å²) in [6.45, 7) is 0. The highest BCUT2D eigenvalue weighted by atomic mass is 127. The Hall–Kier alpha value is -17.1. The molecule has 22 aromatic carbocycles. The lowest BCUT2D eigenvalue weighted by atomic mass is 9.96. The van der Waals surface area contributed by atoms with Crippen LogP contribution in [-0.4, -0.2) is 9.13 Å². The Morgan fingerprint density at radius 3 is 0.815 bits per heavy atom. The maximum absolute atomic E-state index is 7.15. The number of nitrogens with one attached hydrogen (secondary N) is 1. The molecule has 0 radical (unpaired) electrons. The average molecular weight is 1840 g/mol. The number of furan rings is 2. The van der Waals surface area contributed by atoms with Crippen molar-refractivity contribution in [1.82, 2.24) is 9.13 Å². The summed E-state index contributed by atoms with van der Waals surface area (Å²) in [7, 11) is 0. The molecule has 0 spiro atoms. The lowest BCUT2D eigenvalue weighted by molar-refractivity contribution is 0.668. The molecule has 0 aliphatic carbocycles. The molecule has 0 unspecified atom stereocenters. The Bertz CT molecular complexity index is 8760. The van der Waals surface area contributed by atoms with Gasteiger partial charge in [-0.05, 0) is 243 Å². The number of rotatable bonds is 15. The Kier molecular flexibility index (Phi) is 21.2. The first-order chi connectivity index (χ1) is 66.9. The molecule has 0 saturated heterocycles. The Balaban J connectivity index is 0.000000125. The van der Waals surface area contributed by atoms with Crippen LogP contribution in [0.3, 0.4) is 0 Å². The molecule has 0 bridgehead atoms. The van der Waals surface area contributed by atoms with Gasteiger partial charge in [0.15, 0.2) is 5.58 Å². The van der Waals surface area contributed by atoms with Crippen LogP contribution in [0.1, 0.15) is 0 Å². The summed E-state index contributed by atoms with van der Waals surface area (Å²) >= 11 is 2.35. The van der Waals surface area contributed by atoms with Gasteiger partial charge >= 0.3 is 0 Å². The second kappa shape index (κ2) is 35.3. The fourth-order valence-electron chi connectivity index (χ4n) is 19.8. The minimum Gasteiger partial charge on any atom is -0.454 e. The molecule has 636 valence electrons. The number of anilines is 5. The van der Waals surface area contributed by atoms with Crippen LogP contribution < -0.4 is 10.2 Å². The van der Waals surface area contributed by atoms with Crippen molar-refractivity contribution in [1.29, 1.82) is 0 Å². The fraction of sp³-hybridized carbons (Fsp3) is 0. The number of halogens is 1. The van der Waals surface area contributed by atoms with Crippen molar-refractivity contribution in [3.05, 3.63) is 513 Å². The van der Waals surface area contributed by atoms with E-state index < -0.39 is 0 Å². The average Bonchev–Trinajstić information content (AvgIpc) is 1.58. The number of fused-ring (bicyclic) bond motifs is 16. The molecule has 4 aromatic heterocycles. The summed E-state index contributed by atoms with van der Waals surface area (Å²) < 4.78 is 19.4. The normalized spacial score (nSPS) is 11.4. The molecule has 0 aliphatic heterocycles. The van der Waals surface area contributed by atoms with Gasteiger partial charge in [0.25, 0.3) is 0 Å². The zero-order chi connectivity index (χ0) is 89.7. The predicted molar refractivity (Wildman–Crippen MR) is 578 cm³/mol. The maximum Gasteiger partial charge on any atom is 0.159 e. The minimum atomic E-state index is 0.848. The van der Waals surface area contributed by atoms with E-state index in [1.165, 1.54) is 143 Å². The van der Waals surface area contributed by atoms with E-state index in [1.54, 1.807) is 0 Å². The largest absolute Gasteiger partial charge is 0.454 e. The first kappa shape index (κ1) is 81.1. The van der Waals surface area contributed by atoms with E-state index in [1.807, 2.05) is 12.1 Å². The molecule has 4 heterocycles. The van der Waals surface area contributed by atoms with Crippen molar-refractivity contribution in [2.45, 2.75) is 0 Å². The van der Waals surface area contributed by atoms with Crippen molar-refractivity contribution in [2.24, 2.45) is 0 Å². The highest BCUT2D eigenvalue weighted by molar-refractivity contribution is 14.1. The Morgan fingerprint density at radius 1 is 0.200 bits per heavy atom. The van der Waals surface area contributed by atoms with E-state index >= 15 is 0 Å². The standard InChI is InChI=1S/C64H42N2O.C42H30N2.C22H13IO/c1-3-14-43(15-4-1)46-30-36-51(37-31-46)65(61-25-13-22-57-62-54-19-8-7-18-50(54)42-58(64(62)67-63(57)61)49-16-5-2-6-17-49)52-38-32-47(33-39-52)44-26-28-45(29-27-44)48-34-40-53(41-35-48)66-59-23-11-9-20-55(59)56-21-10-12-24-60(56)66;1-2-8-30(9-3-1)33-18-24-36(25-19-33)43-37-26-20-34(21-27-37)31-14-16-32(17-15-31)35-22-28-38(29-23-35)44-41-12-6-4-10-39(41)40-11-5-7-13-42(40)44;23-19-12-6-11-17-20-16-10-5-4-9-15(16)13-18(22(20)24-21(17)19)14-7-2-1-3-8-14/h1-42H;1-29,43H;1-13H. The molecule has 6 nitrogen and oxygen atoms in total. The number of hydrogen-bond donors (Lipinski definition) is 1. The highest BCUT2D eigenvalue weighted by Crippen LogP contribution is 2.49. The Morgan fingerprint density at radius 2 is 0.459 bits per heavy atom. The zero-order valence-corrected chi connectivity index (χ0v) is 75.7. The SMILES string of the molecule is Ic1cccc2c1oc1c(-c3ccccc3)cc3ccccc3c12.c1ccc(-c2ccc(N(c3ccc(-c4ccc(-c5ccc(-n6c7ccccc7c7ccccc76)cc5)cc4)cc3)c3cccc4c3oc3c(-c5ccccc5)cc5ccccc5c34)cc2)cc1.c1ccc(-c2ccc(Nc3ccc(-c4ccc(-c5ccc(-n6c7ccccc7c7ccccc76)cc5)cc4)cc3)cc2)cc1. The van der Waals surface area contributed by atoms with Gasteiger partial charge in [0.2, 0.25) is 0 Å². The summed E-state index contributed by atoms with van der Waals surface area (Å²) in [5, 5.41) is 18.1. The molecule has 135 heavy (non-hydrogen) atoms. The molecule has 0 atom stereocenters. The van der Waals surface area contributed by atoms with Crippen LogP contribution in [0.2, 0.25) is 0 Å². The Labute approximate surface area is 795 Å². The lowest BCUT2D eigenvalue weighted by Crippen LogP contribution is -2.10. The molecule has 0 aliphatic rings. The van der Waals surface area contributed by atoms with Crippen LogP contribution in [0, 0.1) is 3.57 Å². The van der Waals surface area contributed by atoms with Crippen molar-refractivity contribution in [3.8, 4) is 100 Å². The third kappa shape index (κ3) is 15.4. The topological polar surface area (TPSA) is 51.4 Å². The van der Waals surface area contributed by atoms with Gasteiger partial charge in [-0.25, -0.2) is 0 Å². The molecular weight excluding hydrogens is 1750 g/mol. The van der Waals surface area contributed by atoms with E-state index in [0.29, 0.717) is 0 Å². The van der Waals surface area contributed by atoms with Gasteiger partial charge in [-0.1, -0.05) is 388 Å². The van der Waals surface area contributed by atoms with Gasteiger partial charge in [0.1, 0.15) is 16.7 Å². The zero-order valence-electron chi connectivity index (χ0n) is 73.5. The molecule has 1 N–H and O–H groups in total. The van der Waals surface area contributed by atoms with Gasteiger partial charge in [-0.15, -0.1) is 0 Å². The summed E-state index contributed by atoms with van der Waals surface area (Å²) in [6.07, 6.45) is 0. The van der Waals surface area contributed by atoms with E-state index in [-0.39, 0.29) is 0 Å². The van der Waals surface area contributed by atoms with Crippen molar-refractivity contribution < 1.29 is 8.83 Å². The molecule has 0 saturated carbocycles. The van der Waals surface area contributed by atoms with E-state index in [2.05, 4.69) is 539 Å². The maximum atomic E-state index is 7.15. The summed E-state index contributed by atoms with van der Waals surface area (Å²) in [5.41, 5.74) is 34.9. The molecule has 0 fully saturated rings. The number of benzene rings is 22. The van der Waals surface area contributed by atoms with Crippen molar-refractivity contribution in [2.75, 3.05) is 10.2 Å². The van der Waals surface area contributed by atoms with Gasteiger partial charge in [0.05, 0.1) is 31.3 Å². The molecule has 26 aromatic rings. The van der Waals surface area contributed by atoms with Crippen LogP contribution in [-0.2, 0) is 0 Å². The number of aromatic nitrogens is 2. The van der Waals surface area contributed by atoms with E-state index in [4.69, 9.17) is 8.83 Å². The van der Waals surface area contributed by atoms with Crippen LogP contribution >= 0.6 is 22.6 Å².